The molecular formula is C23H23N5O3. The van der Waals surface area contributed by atoms with E-state index in [1.54, 1.807) is 23.1 Å². The number of likely N-dealkylation sites (tertiary alicyclic amines) is 1. The average Bonchev–Trinajstić information content (AvgIpc) is 3.11. The van der Waals surface area contributed by atoms with Gasteiger partial charge in [-0.05, 0) is 51.8 Å². The van der Waals surface area contributed by atoms with E-state index >= 15 is 0 Å². The van der Waals surface area contributed by atoms with Gasteiger partial charge in [0.05, 0.1) is 16.6 Å². The van der Waals surface area contributed by atoms with Crippen LogP contribution in [-0.4, -0.2) is 44.3 Å². The SMILES string of the molecule is C#Cc1ccc2nc3c(C#N)c(C4CCN(C(=O)OC(C)(C)C)CC4)[nH]n3c(=O)c2c1. The van der Waals surface area contributed by atoms with Gasteiger partial charge in [-0.1, -0.05) is 5.92 Å². The lowest BCUT2D eigenvalue weighted by molar-refractivity contribution is 0.0204. The summed E-state index contributed by atoms with van der Waals surface area (Å²) < 4.78 is 6.76. The number of fused-ring (bicyclic) bond motifs is 2. The van der Waals surface area contributed by atoms with Gasteiger partial charge in [-0.2, -0.15) is 9.78 Å². The summed E-state index contributed by atoms with van der Waals surface area (Å²) in [7, 11) is 0. The zero-order chi connectivity index (χ0) is 22.3. The number of aromatic nitrogens is 3. The number of hydrogen-bond acceptors (Lipinski definition) is 5. The van der Waals surface area contributed by atoms with Crippen LogP contribution >= 0.6 is 0 Å². The van der Waals surface area contributed by atoms with E-state index in [0.717, 1.165) is 0 Å². The Labute approximate surface area is 179 Å². The zero-order valence-electron chi connectivity index (χ0n) is 17.7. The highest BCUT2D eigenvalue weighted by molar-refractivity contribution is 5.82. The standard InChI is InChI=1S/C23H23N5O3/c1-5-14-6-7-18-16(12-14)21(29)28-20(25-18)17(13-24)19(26-28)15-8-10-27(11-9-15)22(30)31-23(2,3)4/h1,6-7,12,15,26H,8-11H2,2-4H3. The van der Waals surface area contributed by atoms with Gasteiger partial charge in [0.25, 0.3) is 5.56 Å². The smallest absolute Gasteiger partial charge is 0.410 e. The molecule has 1 aromatic carbocycles. The van der Waals surface area contributed by atoms with Gasteiger partial charge in [0.15, 0.2) is 5.65 Å². The van der Waals surface area contributed by atoms with Crippen molar-refractivity contribution in [3.8, 4) is 18.4 Å². The minimum absolute atomic E-state index is 0.00109. The molecule has 0 spiro atoms. The van der Waals surface area contributed by atoms with E-state index in [2.05, 4.69) is 22.1 Å². The minimum Gasteiger partial charge on any atom is -0.444 e. The molecule has 1 saturated heterocycles. The number of amides is 1. The van der Waals surface area contributed by atoms with E-state index in [9.17, 15) is 14.9 Å². The molecule has 0 saturated carbocycles. The third-order valence-corrected chi connectivity index (χ3v) is 5.43. The van der Waals surface area contributed by atoms with Crippen molar-refractivity contribution in [3.05, 3.63) is 45.4 Å². The maximum atomic E-state index is 13.0. The molecule has 158 valence electrons. The molecule has 0 radical (unpaired) electrons. The number of ether oxygens (including phenoxy) is 1. The van der Waals surface area contributed by atoms with Crippen molar-refractivity contribution < 1.29 is 9.53 Å². The predicted octanol–water partition coefficient (Wildman–Crippen LogP) is 3.14. The molecule has 2 aromatic heterocycles. The first-order valence-corrected chi connectivity index (χ1v) is 10.1. The number of carbonyl (C=O) groups is 1. The van der Waals surface area contributed by atoms with Gasteiger partial charge in [-0.15, -0.1) is 6.42 Å². The third kappa shape index (κ3) is 3.73. The summed E-state index contributed by atoms with van der Waals surface area (Å²) in [5.74, 6) is 2.52. The lowest BCUT2D eigenvalue weighted by Crippen LogP contribution is -2.41. The molecule has 31 heavy (non-hydrogen) atoms. The Kier molecular flexibility index (Phi) is 4.94. The van der Waals surface area contributed by atoms with Gasteiger partial charge in [-0.25, -0.2) is 9.78 Å². The number of nitrogens with zero attached hydrogens (tertiary/aromatic N) is 4. The number of rotatable bonds is 1. The molecule has 0 unspecified atom stereocenters. The summed E-state index contributed by atoms with van der Waals surface area (Å²) in [6.45, 7) is 6.53. The van der Waals surface area contributed by atoms with E-state index in [0.29, 0.717) is 59.3 Å². The molecule has 0 bridgehead atoms. The van der Waals surface area contributed by atoms with Gasteiger partial charge in [0, 0.05) is 24.6 Å². The van der Waals surface area contributed by atoms with Crippen LogP contribution in [-0.2, 0) is 4.74 Å². The van der Waals surface area contributed by atoms with Gasteiger partial charge >= 0.3 is 6.09 Å². The largest absolute Gasteiger partial charge is 0.444 e. The lowest BCUT2D eigenvalue weighted by atomic mass is 9.91. The molecular weight excluding hydrogens is 394 g/mol. The van der Waals surface area contributed by atoms with Gasteiger partial charge in [-0.3, -0.25) is 9.89 Å². The van der Waals surface area contributed by atoms with E-state index in [1.165, 1.54) is 4.52 Å². The van der Waals surface area contributed by atoms with Gasteiger partial charge in [0.1, 0.15) is 17.2 Å². The number of nitrogens with one attached hydrogen (secondary N) is 1. The first-order chi connectivity index (χ1) is 14.7. The Hall–Kier alpha value is -3.78. The fraction of sp³-hybridized carbons (Fsp3) is 0.391. The number of benzene rings is 1. The predicted molar refractivity (Wildman–Crippen MR) is 116 cm³/mol. The van der Waals surface area contributed by atoms with E-state index in [4.69, 9.17) is 11.2 Å². The summed E-state index contributed by atoms with van der Waals surface area (Å²) in [5, 5.41) is 13.3. The second-order valence-corrected chi connectivity index (χ2v) is 8.71. The molecule has 1 N–H and O–H groups in total. The number of terminal acetylenes is 1. The molecule has 3 aromatic rings. The number of H-pyrrole nitrogens is 1. The number of nitriles is 1. The van der Waals surface area contributed by atoms with E-state index < -0.39 is 5.60 Å². The van der Waals surface area contributed by atoms with E-state index in [-0.39, 0.29) is 17.6 Å². The number of hydrogen-bond donors (Lipinski definition) is 1. The summed E-state index contributed by atoms with van der Waals surface area (Å²) in [6, 6.07) is 7.25. The van der Waals surface area contributed by atoms with Crippen LogP contribution in [0.3, 0.4) is 0 Å². The highest BCUT2D eigenvalue weighted by Gasteiger charge is 2.30. The number of piperidine rings is 1. The van der Waals surface area contributed by atoms with Crippen molar-refractivity contribution in [2.24, 2.45) is 0 Å². The Bertz CT molecular complexity index is 1320. The second-order valence-electron chi connectivity index (χ2n) is 8.71. The zero-order valence-corrected chi connectivity index (χ0v) is 17.7. The molecule has 1 amide bonds. The molecule has 0 aliphatic carbocycles. The van der Waals surface area contributed by atoms with Crippen LogP contribution < -0.4 is 5.56 Å². The van der Waals surface area contributed by atoms with Crippen LogP contribution in [0.1, 0.15) is 56.4 Å². The molecule has 3 heterocycles. The van der Waals surface area contributed by atoms with Crippen molar-refractivity contribution in [1.82, 2.24) is 19.5 Å². The van der Waals surface area contributed by atoms with Crippen molar-refractivity contribution in [2.75, 3.05) is 13.1 Å². The molecule has 8 nitrogen and oxygen atoms in total. The average molecular weight is 417 g/mol. The molecule has 1 aliphatic rings. The highest BCUT2D eigenvalue weighted by Crippen LogP contribution is 2.31. The third-order valence-electron chi connectivity index (χ3n) is 5.43. The summed E-state index contributed by atoms with van der Waals surface area (Å²) in [5.41, 5.74) is 1.56. The summed E-state index contributed by atoms with van der Waals surface area (Å²) in [4.78, 5) is 31.6. The van der Waals surface area contributed by atoms with Crippen LogP contribution in [0.2, 0.25) is 0 Å². The Morgan fingerprint density at radius 2 is 2.03 bits per heavy atom. The monoisotopic (exact) mass is 417 g/mol. The van der Waals surface area contributed by atoms with Crippen LogP contribution in [0.25, 0.3) is 16.6 Å². The summed E-state index contributed by atoms with van der Waals surface area (Å²) >= 11 is 0. The van der Waals surface area contributed by atoms with Crippen molar-refractivity contribution in [3.63, 3.8) is 0 Å². The fourth-order valence-corrected chi connectivity index (χ4v) is 3.93. The van der Waals surface area contributed by atoms with E-state index in [1.807, 2.05) is 20.8 Å². The summed E-state index contributed by atoms with van der Waals surface area (Å²) in [6.07, 6.45) is 6.41. The molecule has 1 aliphatic heterocycles. The Balaban J connectivity index is 1.68. The normalized spacial score (nSPS) is 15.1. The Morgan fingerprint density at radius 3 is 2.65 bits per heavy atom. The molecule has 0 atom stereocenters. The van der Waals surface area contributed by atoms with Crippen molar-refractivity contribution >= 4 is 22.6 Å². The quantitative estimate of drug-likeness (QED) is 0.613. The maximum absolute atomic E-state index is 13.0. The first-order valence-electron chi connectivity index (χ1n) is 10.1. The second kappa shape index (κ2) is 7.48. The number of aromatic amines is 1. The van der Waals surface area contributed by atoms with Crippen LogP contribution in [0, 0.1) is 23.7 Å². The maximum Gasteiger partial charge on any atom is 0.410 e. The molecule has 4 rings (SSSR count). The highest BCUT2D eigenvalue weighted by atomic mass is 16.6. The van der Waals surface area contributed by atoms with Crippen LogP contribution in [0.5, 0.6) is 0 Å². The van der Waals surface area contributed by atoms with Crippen LogP contribution in [0.15, 0.2) is 23.0 Å². The molecule has 1 fully saturated rings. The number of carbonyl (C=O) groups excluding carboxylic acids is 1. The van der Waals surface area contributed by atoms with Gasteiger partial charge in [0.2, 0.25) is 0 Å². The minimum atomic E-state index is -0.548. The lowest BCUT2D eigenvalue weighted by Gasteiger charge is -2.33. The molecule has 8 heteroatoms. The first kappa shape index (κ1) is 20.5. The fourth-order valence-electron chi connectivity index (χ4n) is 3.93. The van der Waals surface area contributed by atoms with Gasteiger partial charge < -0.3 is 9.64 Å². The van der Waals surface area contributed by atoms with Crippen LogP contribution in [0.4, 0.5) is 4.79 Å². The van der Waals surface area contributed by atoms with Crippen molar-refractivity contribution in [2.45, 2.75) is 45.1 Å². The Morgan fingerprint density at radius 1 is 1.32 bits per heavy atom. The van der Waals surface area contributed by atoms with Crippen molar-refractivity contribution in [1.29, 1.82) is 5.26 Å². The topological polar surface area (TPSA) is 103 Å².